The fraction of sp³-hybridized carbons (Fsp3) is 0.975. The molecule has 7 nitrogen and oxygen atoms in total. The van der Waals surface area contributed by atoms with Crippen LogP contribution in [0.25, 0.3) is 0 Å². The quantitative estimate of drug-likeness (QED) is 0.0381. The van der Waals surface area contributed by atoms with Gasteiger partial charge in [-0.3, -0.25) is 4.79 Å². The number of ether oxygens (including phenoxy) is 6. The number of thioether (sulfide) groups is 1. The van der Waals surface area contributed by atoms with Crippen molar-refractivity contribution in [3.8, 4) is 0 Å². The molecule has 0 saturated carbocycles. The second-order valence-electron chi connectivity index (χ2n) is 14.7. The highest BCUT2D eigenvalue weighted by molar-refractivity contribution is 8.00. The second kappa shape index (κ2) is 28.2. The van der Waals surface area contributed by atoms with Crippen LogP contribution in [0.15, 0.2) is 0 Å². The molecule has 0 bridgehead atoms. The van der Waals surface area contributed by atoms with E-state index in [-0.39, 0.29) is 41.2 Å². The number of esters is 1. The number of unbranched alkanes of at least 4 members (excludes halogenated alkanes) is 18. The first-order valence-corrected chi connectivity index (χ1v) is 21.3. The van der Waals surface area contributed by atoms with Gasteiger partial charge in [-0.25, -0.2) is 0 Å². The lowest BCUT2D eigenvalue weighted by Crippen LogP contribution is -2.34. The van der Waals surface area contributed by atoms with E-state index in [1.807, 2.05) is 6.92 Å². The molecule has 48 heavy (non-hydrogen) atoms. The first-order chi connectivity index (χ1) is 23.5. The average molecular weight is 701 g/mol. The molecule has 2 rings (SSSR count). The zero-order chi connectivity index (χ0) is 34.7. The van der Waals surface area contributed by atoms with Crippen LogP contribution in [0.1, 0.15) is 181 Å². The summed E-state index contributed by atoms with van der Waals surface area (Å²) in [6.45, 7) is 4.94. The van der Waals surface area contributed by atoms with Gasteiger partial charge in [0, 0.05) is 20.6 Å². The van der Waals surface area contributed by atoms with E-state index in [0.717, 1.165) is 44.9 Å². The van der Waals surface area contributed by atoms with Crippen molar-refractivity contribution >= 4 is 17.7 Å². The Balaban J connectivity index is 1.57. The third-order valence-electron chi connectivity index (χ3n) is 10.6. The van der Waals surface area contributed by atoms with E-state index in [4.69, 9.17) is 28.4 Å². The summed E-state index contributed by atoms with van der Waals surface area (Å²) in [5.74, 6) is 0.00930. The van der Waals surface area contributed by atoms with Crippen molar-refractivity contribution in [2.45, 2.75) is 216 Å². The summed E-state index contributed by atoms with van der Waals surface area (Å²) in [7, 11) is 3.40. The van der Waals surface area contributed by atoms with E-state index >= 15 is 0 Å². The lowest BCUT2D eigenvalue weighted by molar-refractivity contribution is -0.159. The van der Waals surface area contributed by atoms with Crippen molar-refractivity contribution in [1.82, 2.24) is 0 Å². The summed E-state index contributed by atoms with van der Waals surface area (Å²) >= 11 is 1.69. The van der Waals surface area contributed by atoms with E-state index in [1.165, 1.54) is 122 Å². The standard InChI is InChI=1S/C40H76O7S/c1-6-7-8-9-10-11-14-17-20-23-26-35(44-32-42-3)37-28-29-38(47-37)36(45-33-43-4)27-24-21-18-15-12-13-16-19-22-25-30-40(48-5)31-34(2)46-39(40)41/h34-38H,6-33H2,1-5H3/t34-,35+,36+,37+,38+,40-/m0/s1. The van der Waals surface area contributed by atoms with Crippen LogP contribution in [0.3, 0.4) is 0 Å². The van der Waals surface area contributed by atoms with Gasteiger partial charge in [-0.1, -0.05) is 135 Å². The molecule has 2 heterocycles. The van der Waals surface area contributed by atoms with Crippen molar-refractivity contribution in [3.05, 3.63) is 0 Å². The number of cyclic esters (lactones) is 1. The number of hydrogen-bond donors (Lipinski definition) is 0. The summed E-state index contributed by atoms with van der Waals surface area (Å²) in [4.78, 5) is 12.3. The number of carbonyl (C=O) groups is 1. The number of hydrogen-bond acceptors (Lipinski definition) is 8. The smallest absolute Gasteiger partial charge is 0.322 e. The molecule has 2 fully saturated rings. The maximum atomic E-state index is 12.3. The molecule has 8 heteroatoms. The molecule has 284 valence electrons. The lowest BCUT2D eigenvalue weighted by atomic mass is 9.96. The number of methoxy groups -OCH3 is 2. The van der Waals surface area contributed by atoms with Gasteiger partial charge in [-0.2, -0.15) is 0 Å². The van der Waals surface area contributed by atoms with Gasteiger partial charge in [0.05, 0.1) is 24.4 Å². The Bertz CT molecular complexity index is 770. The Morgan fingerprint density at radius 2 is 1.10 bits per heavy atom. The van der Waals surface area contributed by atoms with Crippen LogP contribution in [0.4, 0.5) is 0 Å². The lowest BCUT2D eigenvalue weighted by Gasteiger charge is -2.27. The fourth-order valence-electron chi connectivity index (χ4n) is 7.66. The van der Waals surface area contributed by atoms with Crippen molar-refractivity contribution in [2.24, 2.45) is 0 Å². The van der Waals surface area contributed by atoms with Gasteiger partial charge in [0.2, 0.25) is 0 Å². The minimum Gasteiger partial charge on any atom is -0.462 e. The molecule has 2 aliphatic rings. The fourth-order valence-corrected chi connectivity index (χ4v) is 8.62. The van der Waals surface area contributed by atoms with Crippen LogP contribution in [-0.2, 0) is 33.2 Å². The molecule has 2 aliphatic heterocycles. The average Bonchev–Trinajstić information content (AvgIpc) is 3.69. The Morgan fingerprint density at radius 3 is 1.48 bits per heavy atom. The summed E-state index contributed by atoms with van der Waals surface area (Å²) in [6, 6.07) is 0. The molecule has 2 saturated heterocycles. The first kappa shape index (κ1) is 43.8. The minimum absolute atomic E-state index is 0.00930. The zero-order valence-electron chi connectivity index (χ0n) is 32.0. The van der Waals surface area contributed by atoms with E-state index in [0.29, 0.717) is 13.6 Å². The highest BCUT2D eigenvalue weighted by Gasteiger charge is 2.46. The van der Waals surface area contributed by atoms with Crippen molar-refractivity contribution in [1.29, 1.82) is 0 Å². The van der Waals surface area contributed by atoms with Crippen molar-refractivity contribution in [2.75, 3.05) is 34.1 Å². The van der Waals surface area contributed by atoms with Crippen molar-refractivity contribution in [3.63, 3.8) is 0 Å². The third kappa shape index (κ3) is 18.2. The topological polar surface area (TPSA) is 72.5 Å². The molecule has 0 aromatic carbocycles. The molecular formula is C40H76O7S. The van der Waals surface area contributed by atoms with E-state index in [1.54, 1.807) is 26.0 Å². The van der Waals surface area contributed by atoms with Gasteiger partial charge in [-0.15, -0.1) is 11.8 Å². The predicted molar refractivity (Wildman–Crippen MR) is 200 cm³/mol. The van der Waals surface area contributed by atoms with Gasteiger partial charge < -0.3 is 28.4 Å². The minimum atomic E-state index is -0.286. The molecule has 0 aromatic rings. The Morgan fingerprint density at radius 1 is 0.688 bits per heavy atom. The Kier molecular flexibility index (Phi) is 25.8. The van der Waals surface area contributed by atoms with Gasteiger partial charge in [0.25, 0.3) is 0 Å². The summed E-state index contributed by atoms with van der Waals surface area (Å²) < 4.78 is 34.7. The first-order valence-electron chi connectivity index (χ1n) is 20.1. The van der Waals surface area contributed by atoms with Crippen molar-refractivity contribution < 1.29 is 33.2 Å². The molecule has 0 N–H and O–H groups in total. The van der Waals surface area contributed by atoms with Gasteiger partial charge in [0.15, 0.2) is 0 Å². The van der Waals surface area contributed by atoms with Crippen LogP contribution < -0.4 is 0 Å². The van der Waals surface area contributed by atoms with E-state index in [2.05, 4.69) is 13.2 Å². The van der Waals surface area contributed by atoms with Gasteiger partial charge in [-0.05, 0) is 45.3 Å². The zero-order valence-corrected chi connectivity index (χ0v) is 32.8. The monoisotopic (exact) mass is 701 g/mol. The molecular weight excluding hydrogens is 625 g/mol. The molecule has 0 unspecified atom stereocenters. The number of rotatable bonds is 33. The van der Waals surface area contributed by atoms with Crippen LogP contribution in [-0.4, -0.2) is 75.3 Å². The molecule has 0 spiro atoms. The Hall–Kier alpha value is -0.380. The molecule has 0 radical (unpaired) electrons. The maximum Gasteiger partial charge on any atom is 0.322 e. The normalized spacial score (nSPS) is 23.9. The largest absolute Gasteiger partial charge is 0.462 e. The van der Waals surface area contributed by atoms with Crippen LogP contribution >= 0.6 is 11.8 Å². The predicted octanol–water partition coefficient (Wildman–Crippen LogP) is 10.9. The van der Waals surface area contributed by atoms with E-state index < -0.39 is 0 Å². The highest BCUT2D eigenvalue weighted by atomic mass is 32.2. The van der Waals surface area contributed by atoms with Crippen LogP contribution in [0, 0.1) is 0 Å². The van der Waals surface area contributed by atoms with E-state index in [9.17, 15) is 4.79 Å². The molecule has 0 aliphatic carbocycles. The van der Waals surface area contributed by atoms with Crippen LogP contribution in [0.5, 0.6) is 0 Å². The SMILES string of the molecule is CCCCCCCCCCCC[C@@H](OCOC)[C@H]1CC[C@H]([C@@H](CCCCCCCCCCCC[C@]2(SC)C[C@H](C)OC2=O)OCOC)O1. The molecule has 6 atom stereocenters. The summed E-state index contributed by atoms with van der Waals surface area (Å²) in [6.07, 6.45) is 34.4. The molecule has 0 amide bonds. The van der Waals surface area contributed by atoms with Gasteiger partial charge >= 0.3 is 5.97 Å². The molecule has 0 aromatic heterocycles. The maximum absolute atomic E-state index is 12.3. The summed E-state index contributed by atoms with van der Waals surface area (Å²) in [5.41, 5.74) is 0. The Labute approximate surface area is 300 Å². The third-order valence-corrected chi connectivity index (χ3v) is 11.9. The highest BCUT2D eigenvalue weighted by Crippen LogP contribution is 2.41. The summed E-state index contributed by atoms with van der Waals surface area (Å²) in [5, 5.41) is 0. The second-order valence-corrected chi connectivity index (χ2v) is 15.9. The number of carbonyl (C=O) groups excluding carboxylic acids is 1. The van der Waals surface area contributed by atoms with Crippen LogP contribution in [0.2, 0.25) is 0 Å². The van der Waals surface area contributed by atoms with Gasteiger partial charge in [0.1, 0.15) is 24.4 Å².